The van der Waals surface area contributed by atoms with Gasteiger partial charge in [-0.3, -0.25) is 4.79 Å². The number of carbonyl (C=O) groups excluding carboxylic acids is 2. The van der Waals surface area contributed by atoms with E-state index >= 15 is 0 Å². The van der Waals surface area contributed by atoms with Gasteiger partial charge in [-0.05, 0) is 50.2 Å². The number of amides is 1. The fourth-order valence-electron chi connectivity index (χ4n) is 1.85. The second-order valence-electron chi connectivity index (χ2n) is 5.15. The molecular weight excluding hydrogens is 374 g/mol. The lowest BCUT2D eigenvalue weighted by atomic mass is 10.3. The minimum Gasteiger partial charge on any atom is -0.479 e. The molecular formula is C18H18BrNO4. The monoisotopic (exact) mass is 391 g/mol. The first kappa shape index (κ1) is 18.0. The molecule has 0 spiro atoms. The number of carbonyl (C=O) groups is 2. The topological polar surface area (TPSA) is 64.6 Å². The molecule has 0 radical (unpaired) electrons. The molecule has 2 atom stereocenters. The Morgan fingerprint density at radius 2 is 1.58 bits per heavy atom. The number of para-hydroxylation sites is 1. The number of anilines is 1. The van der Waals surface area contributed by atoms with Crippen LogP contribution in [-0.2, 0) is 14.3 Å². The highest BCUT2D eigenvalue weighted by Crippen LogP contribution is 2.17. The normalized spacial score (nSPS) is 12.8. The quantitative estimate of drug-likeness (QED) is 0.760. The number of rotatable bonds is 6. The van der Waals surface area contributed by atoms with Gasteiger partial charge in [-0.25, -0.2) is 4.79 Å². The number of halogens is 1. The second-order valence-corrected chi connectivity index (χ2v) is 6.06. The summed E-state index contributed by atoms with van der Waals surface area (Å²) in [6.07, 6.45) is -1.74. The fraction of sp³-hybridized carbons (Fsp3) is 0.222. The molecule has 0 saturated heterocycles. The molecule has 0 unspecified atom stereocenters. The van der Waals surface area contributed by atoms with Gasteiger partial charge in [0.25, 0.3) is 5.91 Å². The van der Waals surface area contributed by atoms with E-state index in [1.807, 2.05) is 18.2 Å². The Morgan fingerprint density at radius 1 is 0.958 bits per heavy atom. The third kappa shape index (κ3) is 5.38. The van der Waals surface area contributed by atoms with Gasteiger partial charge in [0.1, 0.15) is 5.75 Å². The van der Waals surface area contributed by atoms with E-state index in [4.69, 9.17) is 9.47 Å². The van der Waals surface area contributed by atoms with Crippen molar-refractivity contribution in [2.24, 2.45) is 0 Å². The molecule has 1 amide bonds. The first-order chi connectivity index (χ1) is 11.5. The van der Waals surface area contributed by atoms with Crippen molar-refractivity contribution in [1.29, 1.82) is 0 Å². The number of nitrogens with one attached hydrogen (secondary N) is 1. The Morgan fingerprint density at radius 3 is 2.21 bits per heavy atom. The largest absolute Gasteiger partial charge is 0.479 e. The first-order valence-electron chi connectivity index (χ1n) is 7.44. The van der Waals surface area contributed by atoms with Crippen LogP contribution in [-0.4, -0.2) is 24.1 Å². The molecule has 2 aromatic rings. The van der Waals surface area contributed by atoms with E-state index in [1.165, 1.54) is 6.92 Å². The molecule has 0 aliphatic rings. The summed E-state index contributed by atoms with van der Waals surface area (Å²) in [6.45, 7) is 3.09. The van der Waals surface area contributed by atoms with Gasteiger partial charge in [-0.15, -0.1) is 0 Å². The van der Waals surface area contributed by atoms with Gasteiger partial charge in [-0.1, -0.05) is 34.1 Å². The van der Waals surface area contributed by atoms with Crippen molar-refractivity contribution in [2.75, 3.05) is 5.32 Å². The molecule has 0 aliphatic carbocycles. The maximum absolute atomic E-state index is 12.0. The third-order valence-corrected chi connectivity index (χ3v) is 3.69. The molecule has 0 heterocycles. The van der Waals surface area contributed by atoms with Gasteiger partial charge in [0.2, 0.25) is 0 Å². The van der Waals surface area contributed by atoms with Crippen molar-refractivity contribution in [3.8, 4) is 5.75 Å². The molecule has 0 fully saturated rings. The zero-order valence-electron chi connectivity index (χ0n) is 13.4. The van der Waals surface area contributed by atoms with Crippen molar-refractivity contribution in [3.05, 3.63) is 59.1 Å². The number of hydrogen-bond donors (Lipinski definition) is 1. The fourth-order valence-corrected chi connectivity index (χ4v) is 2.12. The van der Waals surface area contributed by atoms with Crippen molar-refractivity contribution in [1.82, 2.24) is 0 Å². The molecule has 5 nitrogen and oxygen atoms in total. The van der Waals surface area contributed by atoms with Crippen LogP contribution in [0.4, 0.5) is 5.69 Å². The predicted octanol–water partition coefficient (Wildman–Crippen LogP) is 3.79. The Hall–Kier alpha value is -2.34. The molecule has 0 bridgehead atoms. The second kappa shape index (κ2) is 8.49. The van der Waals surface area contributed by atoms with Gasteiger partial charge < -0.3 is 14.8 Å². The van der Waals surface area contributed by atoms with Gasteiger partial charge in [0.05, 0.1) is 0 Å². The van der Waals surface area contributed by atoms with Crippen LogP contribution >= 0.6 is 15.9 Å². The number of hydrogen-bond acceptors (Lipinski definition) is 4. The zero-order valence-corrected chi connectivity index (χ0v) is 14.9. The highest BCUT2D eigenvalue weighted by Gasteiger charge is 2.23. The zero-order chi connectivity index (χ0) is 17.5. The van der Waals surface area contributed by atoms with Crippen LogP contribution < -0.4 is 10.1 Å². The summed E-state index contributed by atoms with van der Waals surface area (Å²) in [7, 11) is 0. The average molecular weight is 392 g/mol. The van der Waals surface area contributed by atoms with E-state index in [0.717, 1.165) is 4.47 Å². The Bertz CT molecular complexity index is 688. The minimum atomic E-state index is -0.923. The van der Waals surface area contributed by atoms with Crippen LogP contribution in [0.1, 0.15) is 13.8 Å². The maximum Gasteiger partial charge on any atom is 0.347 e. The van der Waals surface area contributed by atoms with Crippen molar-refractivity contribution < 1.29 is 19.1 Å². The minimum absolute atomic E-state index is 0.398. The van der Waals surface area contributed by atoms with Gasteiger partial charge in [-0.2, -0.15) is 0 Å². The lowest BCUT2D eigenvalue weighted by Gasteiger charge is -2.17. The Labute approximate surface area is 149 Å². The summed E-state index contributed by atoms with van der Waals surface area (Å²) >= 11 is 3.32. The van der Waals surface area contributed by atoms with Crippen molar-refractivity contribution in [3.63, 3.8) is 0 Å². The molecule has 24 heavy (non-hydrogen) atoms. The third-order valence-electron chi connectivity index (χ3n) is 3.16. The van der Waals surface area contributed by atoms with E-state index in [9.17, 15) is 9.59 Å². The van der Waals surface area contributed by atoms with E-state index in [1.54, 1.807) is 43.3 Å². The summed E-state index contributed by atoms with van der Waals surface area (Å²) < 4.78 is 11.6. The van der Waals surface area contributed by atoms with Gasteiger partial charge >= 0.3 is 5.97 Å². The van der Waals surface area contributed by atoms with E-state index < -0.39 is 24.1 Å². The van der Waals surface area contributed by atoms with Crippen LogP contribution in [0.15, 0.2) is 59.1 Å². The summed E-state index contributed by atoms with van der Waals surface area (Å²) in [4.78, 5) is 24.1. The van der Waals surface area contributed by atoms with Crippen molar-refractivity contribution in [2.45, 2.75) is 26.1 Å². The highest BCUT2D eigenvalue weighted by molar-refractivity contribution is 9.10. The van der Waals surface area contributed by atoms with Crippen LogP contribution in [0.2, 0.25) is 0 Å². The van der Waals surface area contributed by atoms with Crippen LogP contribution in [0.3, 0.4) is 0 Å². The standard InChI is InChI=1S/C18H18BrNO4/c1-12(17(21)20-15-6-4-3-5-7-15)24-18(22)13(2)23-16-10-8-14(19)9-11-16/h3-13H,1-2H3,(H,20,21)/t12-,13+/m1/s1. The van der Waals surface area contributed by atoms with E-state index in [-0.39, 0.29) is 0 Å². The summed E-state index contributed by atoms with van der Waals surface area (Å²) in [6, 6.07) is 16.1. The molecule has 0 aliphatic heterocycles. The number of esters is 1. The molecule has 2 rings (SSSR count). The van der Waals surface area contributed by atoms with E-state index in [2.05, 4.69) is 21.2 Å². The summed E-state index contributed by atoms with van der Waals surface area (Å²) in [5, 5.41) is 2.68. The average Bonchev–Trinajstić information content (AvgIpc) is 2.57. The molecule has 0 aromatic heterocycles. The van der Waals surface area contributed by atoms with Gasteiger partial charge in [0, 0.05) is 10.2 Å². The smallest absolute Gasteiger partial charge is 0.347 e. The van der Waals surface area contributed by atoms with Crippen molar-refractivity contribution >= 4 is 33.5 Å². The summed E-state index contributed by atoms with van der Waals surface area (Å²) in [5.74, 6) is -0.455. The lowest BCUT2D eigenvalue weighted by Crippen LogP contribution is -2.35. The Balaban J connectivity index is 1.85. The SMILES string of the molecule is C[C@H](Oc1ccc(Br)cc1)C(=O)O[C@H](C)C(=O)Nc1ccccc1. The number of benzene rings is 2. The maximum atomic E-state index is 12.0. The summed E-state index contributed by atoms with van der Waals surface area (Å²) in [5.41, 5.74) is 0.643. The molecule has 6 heteroatoms. The van der Waals surface area contributed by atoms with E-state index in [0.29, 0.717) is 11.4 Å². The van der Waals surface area contributed by atoms with Crippen LogP contribution in [0.25, 0.3) is 0 Å². The Kier molecular flexibility index (Phi) is 6.37. The molecule has 0 saturated carbocycles. The predicted molar refractivity (Wildman–Crippen MR) is 94.9 cm³/mol. The lowest BCUT2D eigenvalue weighted by molar-refractivity contribution is -0.159. The highest BCUT2D eigenvalue weighted by atomic mass is 79.9. The van der Waals surface area contributed by atoms with Gasteiger partial charge in [0.15, 0.2) is 12.2 Å². The molecule has 2 aromatic carbocycles. The molecule has 126 valence electrons. The first-order valence-corrected chi connectivity index (χ1v) is 8.23. The molecule has 1 N–H and O–H groups in total. The van der Waals surface area contributed by atoms with Crippen LogP contribution in [0, 0.1) is 0 Å². The van der Waals surface area contributed by atoms with Crippen LogP contribution in [0.5, 0.6) is 5.75 Å². The number of ether oxygens (including phenoxy) is 2.